The summed E-state index contributed by atoms with van der Waals surface area (Å²) in [4.78, 5) is 42.8. The summed E-state index contributed by atoms with van der Waals surface area (Å²) in [5, 5.41) is 9.15. The third kappa shape index (κ3) is 4.33. The minimum atomic E-state index is -1.07. The number of pyridine rings is 2. The molecule has 0 saturated carbocycles. The minimum absolute atomic E-state index is 0.0309. The molecule has 0 aliphatic carbocycles. The lowest BCUT2D eigenvalue weighted by atomic mass is 9.94. The van der Waals surface area contributed by atoms with Crippen LogP contribution in [0.1, 0.15) is 34.8 Å². The normalized spacial score (nSPS) is 15.6. The van der Waals surface area contributed by atoms with Gasteiger partial charge in [0.05, 0.1) is 23.0 Å². The van der Waals surface area contributed by atoms with Crippen LogP contribution >= 0.6 is 0 Å². The van der Waals surface area contributed by atoms with Crippen LogP contribution in [0, 0.1) is 0 Å². The number of piperidine rings is 1. The van der Waals surface area contributed by atoms with Crippen LogP contribution in [0.4, 0.5) is 5.95 Å². The highest BCUT2D eigenvalue weighted by molar-refractivity contribution is 5.88. The number of aromatic nitrogens is 5. The highest BCUT2D eigenvalue weighted by Crippen LogP contribution is 2.33. The first-order valence-electron chi connectivity index (χ1n) is 11.3. The van der Waals surface area contributed by atoms with E-state index in [1.807, 2.05) is 6.07 Å². The number of amides is 1. The molecule has 0 aromatic carbocycles. The van der Waals surface area contributed by atoms with Gasteiger partial charge in [0.15, 0.2) is 5.82 Å². The molecule has 0 radical (unpaired) electrons. The number of rotatable bonds is 6. The number of anilines is 1. The number of likely N-dealkylation sites (tertiary alicyclic amines) is 1. The number of hydrogen-bond donors (Lipinski definition) is 2. The lowest BCUT2D eigenvalue weighted by molar-refractivity contribution is -0.127. The second-order valence-corrected chi connectivity index (χ2v) is 8.34. The van der Waals surface area contributed by atoms with E-state index in [4.69, 9.17) is 20.6 Å². The standard InChI is InChI=1S/C25H23N7O4/c1-2-21(33)31-11-3-4-16(14-31)22-19-8-10-28-25(26)32(19)23(30-22)18-6-5-17(13-29-18)36-20-12-15(24(34)35)7-9-27-20/h2,5-10,12-13,16H,1,3-4,11,14H2,(H2,26,28)(H,34,35). The Balaban J connectivity index is 1.47. The number of carboxylic acids is 1. The molecule has 0 bridgehead atoms. The predicted molar refractivity (Wildman–Crippen MR) is 131 cm³/mol. The van der Waals surface area contributed by atoms with Gasteiger partial charge in [-0.3, -0.25) is 9.20 Å². The number of nitrogens with zero attached hydrogens (tertiary/aromatic N) is 6. The van der Waals surface area contributed by atoms with Gasteiger partial charge in [-0.1, -0.05) is 6.58 Å². The number of carboxylic acid groups (broad SMARTS) is 1. The molecule has 1 atom stereocenters. The maximum absolute atomic E-state index is 12.2. The molecule has 1 amide bonds. The second kappa shape index (κ2) is 9.45. The predicted octanol–water partition coefficient (Wildman–Crippen LogP) is 3.15. The zero-order chi connectivity index (χ0) is 25.2. The fourth-order valence-electron chi connectivity index (χ4n) is 4.38. The average Bonchev–Trinajstić information content (AvgIpc) is 3.30. The number of ether oxygens (including phenoxy) is 1. The van der Waals surface area contributed by atoms with Crippen molar-refractivity contribution in [3.05, 3.63) is 72.8 Å². The Morgan fingerprint density at radius 1 is 1.17 bits per heavy atom. The van der Waals surface area contributed by atoms with Gasteiger partial charge in [0.25, 0.3) is 0 Å². The summed E-state index contributed by atoms with van der Waals surface area (Å²) < 4.78 is 7.42. The molecule has 36 heavy (non-hydrogen) atoms. The maximum Gasteiger partial charge on any atom is 0.335 e. The molecular formula is C25H23N7O4. The van der Waals surface area contributed by atoms with Crippen LogP contribution in [0.15, 0.2) is 61.6 Å². The van der Waals surface area contributed by atoms with E-state index in [9.17, 15) is 9.59 Å². The molecule has 4 aromatic heterocycles. The van der Waals surface area contributed by atoms with Gasteiger partial charge in [0, 0.05) is 37.5 Å². The molecule has 1 saturated heterocycles. The number of aromatic carboxylic acids is 1. The van der Waals surface area contributed by atoms with E-state index in [1.54, 1.807) is 27.6 Å². The van der Waals surface area contributed by atoms with E-state index in [0.717, 1.165) is 24.1 Å². The van der Waals surface area contributed by atoms with Gasteiger partial charge in [-0.2, -0.15) is 0 Å². The van der Waals surface area contributed by atoms with Crippen LogP contribution in [0.3, 0.4) is 0 Å². The van der Waals surface area contributed by atoms with E-state index in [-0.39, 0.29) is 29.2 Å². The van der Waals surface area contributed by atoms with Gasteiger partial charge >= 0.3 is 5.97 Å². The molecular weight excluding hydrogens is 462 g/mol. The van der Waals surface area contributed by atoms with Crippen molar-refractivity contribution in [1.29, 1.82) is 0 Å². The number of imidazole rings is 1. The highest BCUT2D eigenvalue weighted by atomic mass is 16.5. The fraction of sp³-hybridized carbons (Fsp3) is 0.200. The smallest absolute Gasteiger partial charge is 0.335 e. The van der Waals surface area contributed by atoms with Gasteiger partial charge in [0.1, 0.15) is 11.4 Å². The largest absolute Gasteiger partial charge is 0.478 e. The summed E-state index contributed by atoms with van der Waals surface area (Å²) in [7, 11) is 0. The highest BCUT2D eigenvalue weighted by Gasteiger charge is 2.28. The van der Waals surface area contributed by atoms with E-state index >= 15 is 0 Å². The Morgan fingerprint density at radius 3 is 2.75 bits per heavy atom. The van der Waals surface area contributed by atoms with Crippen LogP contribution in [0.25, 0.3) is 17.0 Å². The van der Waals surface area contributed by atoms with Gasteiger partial charge in [-0.15, -0.1) is 0 Å². The Hall–Kier alpha value is -4.80. The summed E-state index contributed by atoms with van der Waals surface area (Å²) in [6, 6.07) is 8.00. The van der Waals surface area contributed by atoms with Crippen LogP contribution < -0.4 is 10.5 Å². The van der Waals surface area contributed by atoms with E-state index < -0.39 is 5.97 Å². The molecule has 4 aromatic rings. The van der Waals surface area contributed by atoms with E-state index in [0.29, 0.717) is 30.4 Å². The number of nitrogens with two attached hydrogens (primary N) is 1. The first-order valence-corrected chi connectivity index (χ1v) is 11.3. The van der Waals surface area contributed by atoms with Crippen molar-refractivity contribution in [1.82, 2.24) is 29.2 Å². The van der Waals surface area contributed by atoms with Gasteiger partial charge in [-0.25, -0.2) is 24.7 Å². The summed E-state index contributed by atoms with van der Waals surface area (Å²) in [6.45, 7) is 4.83. The zero-order valence-corrected chi connectivity index (χ0v) is 19.2. The number of carbonyl (C=O) groups is 2. The quantitative estimate of drug-likeness (QED) is 0.393. The van der Waals surface area contributed by atoms with Gasteiger partial charge in [0.2, 0.25) is 17.7 Å². The molecule has 1 fully saturated rings. The van der Waals surface area contributed by atoms with Crippen LogP contribution in [0.5, 0.6) is 11.6 Å². The summed E-state index contributed by atoms with van der Waals surface area (Å²) in [5.41, 5.74) is 8.49. The van der Waals surface area contributed by atoms with E-state index in [1.165, 1.54) is 30.6 Å². The lowest BCUT2D eigenvalue weighted by Crippen LogP contribution is -2.38. The third-order valence-electron chi connectivity index (χ3n) is 6.07. The first kappa shape index (κ1) is 23.0. The molecule has 1 aliphatic rings. The Bertz CT molecular complexity index is 1470. The zero-order valence-electron chi connectivity index (χ0n) is 19.2. The summed E-state index contributed by atoms with van der Waals surface area (Å²) in [6.07, 6.45) is 7.59. The number of nitrogen functional groups attached to an aromatic ring is 1. The number of hydrogen-bond acceptors (Lipinski definition) is 8. The molecule has 3 N–H and O–H groups in total. The molecule has 1 aliphatic heterocycles. The number of carbonyl (C=O) groups excluding carboxylic acids is 1. The Labute approximate surface area is 205 Å². The van der Waals surface area contributed by atoms with Crippen molar-refractivity contribution in [3.63, 3.8) is 0 Å². The molecule has 11 heteroatoms. The number of fused-ring (bicyclic) bond motifs is 1. The van der Waals surface area contributed by atoms with Crippen molar-refractivity contribution in [2.24, 2.45) is 0 Å². The van der Waals surface area contributed by atoms with Crippen molar-refractivity contribution in [3.8, 4) is 23.1 Å². The summed E-state index contributed by atoms with van der Waals surface area (Å²) in [5.74, 6) is 0.185. The second-order valence-electron chi connectivity index (χ2n) is 8.34. The monoisotopic (exact) mass is 485 g/mol. The van der Waals surface area contributed by atoms with Gasteiger partial charge < -0.3 is 20.5 Å². The Kier molecular flexibility index (Phi) is 6.03. The first-order chi connectivity index (χ1) is 17.4. The van der Waals surface area contributed by atoms with Crippen LogP contribution in [-0.4, -0.2) is 59.3 Å². The molecule has 5 heterocycles. The van der Waals surface area contributed by atoms with Crippen molar-refractivity contribution < 1.29 is 19.4 Å². The van der Waals surface area contributed by atoms with Gasteiger partial charge in [-0.05, 0) is 43.2 Å². The summed E-state index contributed by atoms with van der Waals surface area (Å²) >= 11 is 0. The third-order valence-corrected chi connectivity index (χ3v) is 6.07. The van der Waals surface area contributed by atoms with Crippen LogP contribution in [0.2, 0.25) is 0 Å². The molecule has 5 rings (SSSR count). The molecule has 0 spiro atoms. The minimum Gasteiger partial charge on any atom is -0.478 e. The topological polar surface area (TPSA) is 149 Å². The fourth-order valence-corrected chi connectivity index (χ4v) is 4.38. The molecule has 182 valence electrons. The lowest BCUT2D eigenvalue weighted by Gasteiger charge is -2.31. The van der Waals surface area contributed by atoms with Crippen LogP contribution in [-0.2, 0) is 4.79 Å². The molecule has 11 nitrogen and oxygen atoms in total. The maximum atomic E-state index is 12.2. The Morgan fingerprint density at radius 2 is 2.00 bits per heavy atom. The molecule has 1 unspecified atom stereocenters. The van der Waals surface area contributed by atoms with E-state index in [2.05, 4.69) is 21.5 Å². The van der Waals surface area contributed by atoms with Crippen molar-refractivity contribution >= 4 is 23.3 Å². The SMILES string of the molecule is C=CC(=O)N1CCCC(c2nc(-c3ccc(Oc4cc(C(=O)O)ccn4)cn3)n3c(N)nccc23)C1. The average molecular weight is 486 g/mol. The van der Waals surface area contributed by atoms with Crippen molar-refractivity contribution in [2.45, 2.75) is 18.8 Å². The van der Waals surface area contributed by atoms with Crippen molar-refractivity contribution in [2.75, 3.05) is 18.8 Å².